The molecule has 0 unspecified atom stereocenters. The van der Waals surface area contributed by atoms with Crippen molar-refractivity contribution in [2.75, 3.05) is 20.3 Å². The first kappa shape index (κ1) is 25.6. The normalized spacial score (nSPS) is 14.7. The van der Waals surface area contributed by atoms with E-state index in [1.165, 1.54) is 0 Å². The van der Waals surface area contributed by atoms with Crippen LogP contribution in [0.4, 0.5) is 0 Å². The van der Waals surface area contributed by atoms with Gasteiger partial charge in [-0.2, -0.15) is 0 Å². The third-order valence-corrected chi connectivity index (χ3v) is 5.83. The van der Waals surface area contributed by atoms with E-state index in [2.05, 4.69) is 0 Å². The van der Waals surface area contributed by atoms with Crippen LogP contribution in [0.5, 0.6) is 0 Å². The maximum absolute atomic E-state index is 13.7. The Bertz CT molecular complexity index is 977. The average molecular weight is 463 g/mol. The molecule has 0 radical (unpaired) electrons. The number of carbonyl (C=O) groups excluding carboxylic acids is 1. The lowest BCUT2D eigenvalue weighted by Gasteiger charge is -2.33. The van der Waals surface area contributed by atoms with E-state index in [4.69, 9.17) is 14.2 Å². The zero-order valence-corrected chi connectivity index (χ0v) is 19.9. The number of esters is 1. The number of rotatable bonds is 13. The summed E-state index contributed by atoms with van der Waals surface area (Å²) in [6, 6.07) is 28.2. The molecule has 0 bridgehead atoms. The molecular weight excluding hydrogens is 428 g/mol. The van der Waals surface area contributed by atoms with Gasteiger partial charge in [0.15, 0.2) is 11.7 Å². The van der Waals surface area contributed by atoms with Gasteiger partial charge in [-0.3, -0.25) is 0 Å². The van der Waals surface area contributed by atoms with Crippen LogP contribution in [-0.2, 0) is 24.6 Å². The van der Waals surface area contributed by atoms with Gasteiger partial charge in [-0.05, 0) is 29.5 Å². The zero-order valence-electron chi connectivity index (χ0n) is 19.9. The second kappa shape index (κ2) is 13.0. The average Bonchev–Trinajstić information content (AvgIpc) is 2.90. The summed E-state index contributed by atoms with van der Waals surface area (Å²) in [7, 11) is 1.61. The Kier molecular flexibility index (Phi) is 9.83. The molecule has 1 N–H and O–H groups in total. The Morgan fingerprint density at radius 2 is 1.35 bits per heavy atom. The van der Waals surface area contributed by atoms with Crippen molar-refractivity contribution in [3.8, 4) is 0 Å². The Balaban J connectivity index is 1.99. The Labute approximate surface area is 202 Å². The molecule has 0 fully saturated rings. The first-order chi connectivity index (χ1) is 16.6. The van der Waals surface area contributed by atoms with Crippen LogP contribution >= 0.6 is 0 Å². The van der Waals surface area contributed by atoms with Crippen molar-refractivity contribution < 1.29 is 24.1 Å². The molecule has 0 saturated heterocycles. The number of unbranched alkanes of at least 4 members (excludes halogenated alkanes) is 1. The topological polar surface area (TPSA) is 65.0 Å². The number of methoxy groups -OCH3 is 1. The van der Waals surface area contributed by atoms with Gasteiger partial charge in [-0.1, -0.05) is 104 Å². The monoisotopic (exact) mass is 462 g/mol. The van der Waals surface area contributed by atoms with Crippen LogP contribution in [-0.4, -0.2) is 31.4 Å². The second-order valence-electron chi connectivity index (χ2n) is 8.26. The summed E-state index contributed by atoms with van der Waals surface area (Å²) in [5.41, 5.74) is 0.430. The predicted molar refractivity (Wildman–Crippen MR) is 132 cm³/mol. The van der Waals surface area contributed by atoms with Gasteiger partial charge >= 0.3 is 5.97 Å². The summed E-state index contributed by atoms with van der Waals surface area (Å²) in [5, 5.41) is 11.6. The fourth-order valence-corrected chi connectivity index (χ4v) is 3.93. The molecule has 3 atom stereocenters. The van der Waals surface area contributed by atoms with Gasteiger partial charge < -0.3 is 19.3 Å². The molecule has 0 aromatic heterocycles. The van der Waals surface area contributed by atoms with Gasteiger partial charge in [0.05, 0.1) is 13.2 Å². The molecule has 180 valence electrons. The SMILES string of the molecule is CCCC[C@@](O)(C(=O)O[C@H](c1ccccc1)[C@@H](OCCOC)c1ccccc1)c1ccccc1. The summed E-state index contributed by atoms with van der Waals surface area (Å²) in [5.74, 6) is -0.683. The van der Waals surface area contributed by atoms with Crippen molar-refractivity contribution in [2.24, 2.45) is 0 Å². The molecular formula is C29H34O5. The molecule has 5 nitrogen and oxygen atoms in total. The lowest BCUT2D eigenvalue weighted by Crippen LogP contribution is -2.39. The minimum absolute atomic E-state index is 0.272. The molecule has 0 aliphatic rings. The van der Waals surface area contributed by atoms with Gasteiger partial charge in [0.25, 0.3) is 0 Å². The first-order valence-corrected chi connectivity index (χ1v) is 11.8. The van der Waals surface area contributed by atoms with Crippen LogP contribution in [0.25, 0.3) is 0 Å². The quantitative estimate of drug-likeness (QED) is 0.259. The van der Waals surface area contributed by atoms with Crippen molar-refractivity contribution in [2.45, 2.75) is 44.0 Å². The smallest absolute Gasteiger partial charge is 0.343 e. The molecule has 0 amide bonds. The van der Waals surface area contributed by atoms with E-state index in [-0.39, 0.29) is 6.42 Å². The van der Waals surface area contributed by atoms with Gasteiger partial charge in [-0.25, -0.2) is 4.79 Å². The maximum Gasteiger partial charge on any atom is 0.343 e. The van der Waals surface area contributed by atoms with Gasteiger partial charge in [0.1, 0.15) is 6.10 Å². The van der Waals surface area contributed by atoms with Crippen molar-refractivity contribution in [3.05, 3.63) is 108 Å². The summed E-state index contributed by atoms with van der Waals surface area (Å²) in [4.78, 5) is 13.7. The summed E-state index contributed by atoms with van der Waals surface area (Å²) in [6.45, 7) is 2.76. The minimum Gasteiger partial charge on any atom is -0.452 e. The second-order valence-corrected chi connectivity index (χ2v) is 8.26. The molecule has 5 heteroatoms. The number of hydrogen-bond acceptors (Lipinski definition) is 5. The highest BCUT2D eigenvalue weighted by Crippen LogP contribution is 2.38. The van der Waals surface area contributed by atoms with Gasteiger partial charge in [0, 0.05) is 7.11 Å². The molecule has 0 saturated carbocycles. The number of ether oxygens (including phenoxy) is 3. The van der Waals surface area contributed by atoms with Crippen LogP contribution < -0.4 is 0 Å². The predicted octanol–water partition coefficient (Wildman–Crippen LogP) is 5.75. The molecule has 0 spiro atoms. The highest BCUT2D eigenvalue weighted by molar-refractivity contribution is 5.81. The Morgan fingerprint density at radius 1 is 0.824 bits per heavy atom. The fraction of sp³-hybridized carbons (Fsp3) is 0.345. The number of aliphatic hydroxyl groups is 1. The minimum atomic E-state index is -1.75. The van der Waals surface area contributed by atoms with E-state index in [0.29, 0.717) is 25.2 Å². The fourth-order valence-electron chi connectivity index (χ4n) is 3.93. The largest absolute Gasteiger partial charge is 0.452 e. The van der Waals surface area contributed by atoms with E-state index < -0.39 is 23.8 Å². The standard InChI is InChI=1S/C29H34O5/c1-3-4-20-29(31,25-18-12-7-13-19-25)28(30)34-27(24-16-10-6-11-17-24)26(33-22-21-32-2)23-14-8-5-9-15-23/h5-19,26-27,31H,3-4,20-22H2,1-2H3/t26-,27+,29-/m0/s1. The van der Waals surface area contributed by atoms with E-state index in [1.54, 1.807) is 19.2 Å². The molecule has 3 aromatic carbocycles. The van der Waals surface area contributed by atoms with Crippen LogP contribution in [0.15, 0.2) is 91.0 Å². The van der Waals surface area contributed by atoms with Crippen molar-refractivity contribution in [3.63, 3.8) is 0 Å². The lowest BCUT2D eigenvalue weighted by atomic mass is 9.88. The number of carbonyl (C=O) groups is 1. The Morgan fingerprint density at radius 3 is 1.88 bits per heavy atom. The summed E-state index contributed by atoms with van der Waals surface area (Å²) < 4.78 is 17.5. The van der Waals surface area contributed by atoms with Crippen molar-refractivity contribution >= 4 is 5.97 Å². The van der Waals surface area contributed by atoms with Gasteiger partial charge in [0.2, 0.25) is 0 Å². The van der Waals surface area contributed by atoms with E-state index >= 15 is 0 Å². The lowest BCUT2D eigenvalue weighted by molar-refractivity contribution is -0.183. The number of hydrogen-bond donors (Lipinski definition) is 1. The van der Waals surface area contributed by atoms with E-state index in [0.717, 1.165) is 17.5 Å². The maximum atomic E-state index is 13.7. The highest BCUT2D eigenvalue weighted by atomic mass is 16.6. The zero-order chi connectivity index (χ0) is 24.2. The first-order valence-electron chi connectivity index (χ1n) is 11.8. The molecule has 0 heterocycles. The molecule has 3 aromatic rings. The third-order valence-electron chi connectivity index (χ3n) is 5.83. The highest BCUT2D eigenvalue weighted by Gasteiger charge is 2.42. The third kappa shape index (κ3) is 6.54. The van der Waals surface area contributed by atoms with Crippen LogP contribution in [0.2, 0.25) is 0 Å². The van der Waals surface area contributed by atoms with Gasteiger partial charge in [-0.15, -0.1) is 0 Å². The summed E-state index contributed by atoms with van der Waals surface area (Å²) in [6.07, 6.45) is 0.466. The van der Waals surface area contributed by atoms with Crippen LogP contribution in [0.3, 0.4) is 0 Å². The van der Waals surface area contributed by atoms with E-state index in [1.807, 2.05) is 85.8 Å². The molecule has 0 aliphatic heterocycles. The molecule has 0 aliphatic carbocycles. The molecule has 3 rings (SSSR count). The van der Waals surface area contributed by atoms with Crippen LogP contribution in [0, 0.1) is 0 Å². The number of benzene rings is 3. The van der Waals surface area contributed by atoms with Crippen molar-refractivity contribution in [1.29, 1.82) is 0 Å². The van der Waals surface area contributed by atoms with E-state index in [9.17, 15) is 9.90 Å². The molecule has 34 heavy (non-hydrogen) atoms. The Hall–Kier alpha value is -2.99. The van der Waals surface area contributed by atoms with Crippen molar-refractivity contribution in [1.82, 2.24) is 0 Å². The van der Waals surface area contributed by atoms with Crippen LogP contribution in [0.1, 0.15) is 55.1 Å². The summed E-state index contributed by atoms with van der Waals surface area (Å²) >= 11 is 0.